The van der Waals surface area contributed by atoms with Crippen LogP contribution in [0.5, 0.6) is 0 Å². The van der Waals surface area contributed by atoms with E-state index in [0.717, 1.165) is 12.5 Å². The highest BCUT2D eigenvalue weighted by Crippen LogP contribution is 2.27. The van der Waals surface area contributed by atoms with Gasteiger partial charge in [0.25, 0.3) is 0 Å². The lowest BCUT2D eigenvalue weighted by molar-refractivity contribution is 0.317. The Morgan fingerprint density at radius 1 is 1.15 bits per heavy atom. The van der Waals surface area contributed by atoms with Gasteiger partial charge in [0.2, 0.25) is 0 Å². The summed E-state index contributed by atoms with van der Waals surface area (Å²) in [5.74, 6) is 0.879. The molecule has 20 heavy (non-hydrogen) atoms. The van der Waals surface area contributed by atoms with Crippen molar-refractivity contribution >= 4 is 0 Å². The third-order valence-corrected chi connectivity index (χ3v) is 4.66. The predicted octanol–water partition coefficient (Wildman–Crippen LogP) is 4.88. The van der Waals surface area contributed by atoms with Crippen LogP contribution in [0.3, 0.4) is 0 Å². The van der Waals surface area contributed by atoms with E-state index in [0.29, 0.717) is 6.04 Å². The summed E-state index contributed by atoms with van der Waals surface area (Å²) in [6.45, 7) is 5.63. The fourth-order valence-corrected chi connectivity index (χ4v) is 3.54. The molecule has 0 amide bonds. The Hall–Kier alpha value is -0.820. The van der Waals surface area contributed by atoms with Crippen molar-refractivity contribution in [2.75, 3.05) is 6.54 Å². The molecule has 0 saturated heterocycles. The third-order valence-electron chi connectivity index (χ3n) is 4.66. The second-order valence-corrected chi connectivity index (χ2v) is 6.51. The van der Waals surface area contributed by atoms with E-state index >= 15 is 0 Å². The highest BCUT2D eigenvalue weighted by Gasteiger charge is 2.22. The van der Waals surface area contributed by atoms with Gasteiger partial charge in [0.05, 0.1) is 0 Å². The zero-order chi connectivity index (χ0) is 14.2. The van der Waals surface area contributed by atoms with Gasteiger partial charge in [0, 0.05) is 6.04 Å². The summed E-state index contributed by atoms with van der Waals surface area (Å²) in [6, 6.07) is 9.73. The van der Waals surface area contributed by atoms with E-state index in [1.54, 1.807) is 0 Å². The first-order chi connectivity index (χ1) is 9.79. The molecule has 1 aliphatic rings. The molecular weight excluding hydrogens is 242 g/mol. The molecule has 1 fully saturated rings. The third kappa shape index (κ3) is 4.94. The van der Waals surface area contributed by atoms with Gasteiger partial charge in [-0.1, -0.05) is 62.4 Å². The number of rotatable bonds is 6. The Morgan fingerprint density at radius 3 is 2.55 bits per heavy atom. The first kappa shape index (κ1) is 15.6. The molecule has 0 spiro atoms. The molecule has 1 saturated carbocycles. The second-order valence-electron chi connectivity index (χ2n) is 6.51. The molecule has 0 aromatic heterocycles. The van der Waals surface area contributed by atoms with E-state index in [-0.39, 0.29) is 0 Å². The number of benzene rings is 1. The van der Waals surface area contributed by atoms with Crippen LogP contribution < -0.4 is 5.32 Å². The van der Waals surface area contributed by atoms with Crippen molar-refractivity contribution in [2.45, 2.75) is 71.3 Å². The molecule has 112 valence electrons. The predicted molar refractivity (Wildman–Crippen MR) is 88.2 cm³/mol. The molecule has 0 aliphatic heterocycles. The molecule has 1 N–H and O–H groups in total. The maximum absolute atomic E-state index is 3.83. The highest BCUT2D eigenvalue weighted by molar-refractivity contribution is 5.23. The Balaban J connectivity index is 2.01. The summed E-state index contributed by atoms with van der Waals surface area (Å²) in [5.41, 5.74) is 2.89. The van der Waals surface area contributed by atoms with Gasteiger partial charge in [0.1, 0.15) is 0 Å². The minimum atomic E-state index is 0.676. The SMILES string of the molecule is CCCNC(Cc1cccc(C)c1)C1CCCCCC1. The van der Waals surface area contributed by atoms with Crippen molar-refractivity contribution in [1.29, 1.82) is 0 Å². The molecule has 0 bridgehead atoms. The van der Waals surface area contributed by atoms with Crippen molar-refractivity contribution < 1.29 is 0 Å². The van der Waals surface area contributed by atoms with Crippen LogP contribution in [0.1, 0.15) is 63.0 Å². The summed E-state index contributed by atoms with van der Waals surface area (Å²) in [5, 5.41) is 3.83. The van der Waals surface area contributed by atoms with Gasteiger partial charge in [0.15, 0.2) is 0 Å². The smallest absolute Gasteiger partial charge is 0.0136 e. The summed E-state index contributed by atoms with van der Waals surface area (Å²) in [7, 11) is 0. The average Bonchev–Trinajstić information content (AvgIpc) is 2.72. The molecule has 0 radical (unpaired) electrons. The number of hydrogen-bond donors (Lipinski definition) is 1. The monoisotopic (exact) mass is 273 g/mol. The maximum atomic E-state index is 3.83. The number of hydrogen-bond acceptors (Lipinski definition) is 1. The normalized spacial score (nSPS) is 18.7. The standard InChI is InChI=1S/C19H31N/c1-3-13-20-19(18-11-6-4-5-7-12-18)15-17-10-8-9-16(2)14-17/h8-10,14,18-20H,3-7,11-13,15H2,1-2H3. The Kier molecular flexibility index (Phi) is 6.59. The van der Waals surface area contributed by atoms with Crippen LogP contribution in [0.4, 0.5) is 0 Å². The first-order valence-electron chi connectivity index (χ1n) is 8.58. The quantitative estimate of drug-likeness (QED) is 0.729. The molecule has 1 aromatic carbocycles. The van der Waals surface area contributed by atoms with Gasteiger partial charge in [-0.2, -0.15) is 0 Å². The average molecular weight is 273 g/mol. The largest absolute Gasteiger partial charge is 0.313 e. The van der Waals surface area contributed by atoms with E-state index in [2.05, 4.69) is 43.4 Å². The lowest BCUT2D eigenvalue weighted by atomic mass is 9.87. The van der Waals surface area contributed by atoms with E-state index in [1.807, 2.05) is 0 Å². The van der Waals surface area contributed by atoms with Crippen molar-refractivity contribution in [3.63, 3.8) is 0 Å². The fraction of sp³-hybridized carbons (Fsp3) is 0.684. The first-order valence-corrected chi connectivity index (χ1v) is 8.58. The van der Waals surface area contributed by atoms with Crippen LogP contribution in [-0.4, -0.2) is 12.6 Å². The van der Waals surface area contributed by atoms with Crippen LogP contribution in [0.15, 0.2) is 24.3 Å². The second kappa shape index (κ2) is 8.46. The Morgan fingerprint density at radius 2 is 1.90 bits per heavy atom. The van der Waals surface area contributed by atoms with E-state index in [4.69, 9.17) is 0 Å². The molecule has 2 rings (SSSR count). The Bertz CT molecular complexity index is 377. The molecule has 1 aromatic rings. The van der Waals surface area contributed by atoms with Gasteiger partial charge in [-0.25, -0.2) is 0 Å². The topological polar surface area (TPSA) is 12.0 Å². The zero-order valence-corrected chi connectivity index (χ0v) is 13.3. The number of nitrogens with one attached hydrogen (secondary N) is 1. The van der Waals surface area contributed by atoms with Crippen LogP contribution in [0, 0.1) is 12.8 Å². The van der Waals surface area contributed by atoms with Crippen molar-refractivity contribution in [1.82, 2.24) is 5.32 Å². The molecular formula is C19H31N. The maximum Gasteiger partial charge on any atom is 0.0136 e. The lowest BCUT2D eigenvalue weighted by Gasteiger charge is -2.27. The lowest BCUT2D eigenvalue weighted by Crippen LogP contribution is -2.38. The van der Waals surface area contributed by atoms with Gasteiger partial charge < -0.3 is 5.32 Å². The Labute approximate surface area is 125 Å². The van der Waals surface area contributed by atoms with Gasteiger partial charge in [-0.3, -0.25) is 0 Å². The number of aryl methyl sites for hydroxylation is 1. The summed E-state index contributed by atoms with van der Waals surface area (Å²) in [6.07, 6.45) is 11.0. The summed E-state index contributed by atoms with van der Waals surface area (Å²) < 4.78 is 0. The van der Waals surface area contributed by atoms with Gasteiger partial charge in [-0.05, 0) is 50.6 Å². The van der Waals surface area contributed by atoms with Crippen LogP contribution in [0.25, 0.3) is 0 Å². The molecule has 1 unspecified atom stereocenters. The molecule has 1 heteroatoms. The minimum absolute atomic E-state index is 0.676. The van der Waals surface area contributed by atoms with Crippen LogP contribution in [-0.2, 0) is 6.42 Å². The van der Waals surface area contributed by atoms with Crippen molar-refractivity contribution in [2.24, 2.45) is 5.92 Å². The molecule has 1 atom stereocenters. The van der Waals surface area contributed by atoms with Crippen molar-refractivity contribution in [3.8, 4) is 0 Å². The van der Waals surface area contributed by atoms with Crippen LogP contribution in [0.2, 0.25) is 0 Å². The molecule has 0 heterocycles. The van der Waals surface area contributed by atoms with Gasteiger partial charge in [-0.15, -0.1) is 0 Å². The van der Waals surface area contributed by atoms with E-state index in [9.17, 15) is 0 Å². The highest BCUT2D eigenvalue weighted by atomic mass is 14.9. The van der Waals surface area contributed by atoms with E-state index < -0.39 is 0 Å². The van der Waals surface area contributed by atoms with Crippen molar-refractivity contribution in [3.05, 3.63) is 35.4 Å². The molecule has 1 nitrogen and oxygen atoms in total. The van der Waals surface area contributed by atoms with E-state index in [1.165, 1.54) is 62.5 Å². The van der Waals surface area contributed by atoms with Crippen LogP contribution >= 0.6 is 0 Å². The summed E-state index contributed by atoms with van der Waals surface area (Å²) >= 11 is 0. The molecule has 1 aliphatic carbocycles. The summed E-state index contributed by atoms with van der Waals surface area (Å²) in [4.78, 5) is 0. The minimum Gasteiger partial charge on any atom is -0.313 e. The van der Waals surface area contributed by atoms with Gasteiger partial charge >= 0.3 is 0 Å². The fourth-order valence-electron chi connectivity index (χ4n) is 3.54. The zero-order valence-electron chi connectivity index (χ0n) is 13.3.